The van der Waals surface area contributed by atoms with E-state index < -0.39 is 24.1 Å². The molecule has 0 aliphatic carbocycles. The van der Waals surface area contributed by atoms with Crippen LogP contribution >= 0.6 is 11.6 Å². The van der Waals surface area contributed by atoms with E-state index in [-0.39, 0.29) is 6.42 Å². The Morgan fingerprint density at radius 2 is 1.93 bits per heavy atom. The van der Waals surface area contributed by atoms with Crippen molar-refractivity contribution in [2.45, 2.75) is 24.9 Å². The van der Waals surface area contributed by atoms with Crippen LogP contribution in [0.4, 0.5) is 4.79 Å². The number of halogens is 1. The Morgan fingerprint density at radius 3 is 2.63 bits per heavy atom. The Hall–Kier alpha value is -3.32. The van der Waals surface area contributed by atoms with Crippen molar-refractivity contribution in [2.75, 3.05) is 6.54 Å². The van der Waals surface area contributed by atoms with Crippen molar-refractivity contribution in [3.05, 3.63) is 88.5 Å². The van der Waals surface area contributed by atoms with Crippen molar-refractivity contribution in [1.29, 1.82) is 0 Å². The van der Waals surface area contributed by atoms with E-state index in [9.17, 15) is 14.7 Å². The van der Waals surface area contributed by atoms with Gasteiger partial charge in [-0.15, -0.1) is 0 Å². The molecular weight excluding hydrogens is 404 g/mol. The molecule has 3 N–H and O–H groups in total. The van der Waals surface area contributed by atoms with Crippen molar-refractivity contribution in [2.24, 2.45) is 0 Å². The number of hydrogen-bond acceptors (Lipinski definition) is 3. The quantitative estimate of drug-likeness (QED) is 0.584. The van der Waals surface area contributed by atoms with E-state index in [1.807, 2.05) is 42.5 Å². The number of H-pyrrole nitrogens is 1. The number of urea groups is 1. The number of hydrogen-bond donors (Lipinski definition) is 3. The Morgan fingerprint density at radius 1 is 1.20 bits per heavy atom. The molecular formula is C22H21ClN4O3. The summed E-state index contributed by atoms with van der Waals surface area (Å²) in [5.74, 6) is -1.08. The lowest BCUT2D eigenvalue weighted by atomic mass is 9.96. The predicted molar refractivity (Wildman–Crippen MR) is 112 cm³/mol. The fraction of sp³-hybridized carbons (Fsp3) is 0.227. The molecule has 0 spiro atoms. The van der Waals surface area contributed by atoms with Gasteiger partial charge in [-0.3, -0.25) is 0 Å². The van der Waals surface area contributed by atoms with Gasteiger partial charge in [0.25, 0.3) is 0 Å². The number of rotatable bonds is 5. The van der Waals surface area contributed by atoms with Gasteiger partial charge in [-0.25, -0.2) is 14.6 Å². The van der Waals surface area contributed by atoms with Gasteiger partial charge in [0.15, 0.2) is 0 Å². The SMILES string of the molecule is O=C(O)[C@H](Cc1ccccc1)NC(=O)N1CCc2[nH]cnc2[C@@H]1c1ccc(Cl)cc1. The Bertz CT molecular complexity index is 1040. The number of amides is 2. The van der Waals surface area contributed by atoms with Crippen LogP contribution in [0, 0.1) is 0 Å². The van der Waals surface area contributed by atoms with Gasteiger partial charge in [-0.1, -0.05) is 54.1 Å². The number of imidazole rings is 1. The Kier molecular flexibility index (Phi) is 5.72. The summed E-state index contributed by atoms with van der Waals surface area (Å²) in [5.41, 5.74) is 3.43. The molecule has 1 aliphatic heterocycles. The molecule has 0 radical (unpaired) electrons. The fourth-order valence-electron chi connectivity index (χ4n) is 3.76. The molecule has 1 aromatic heterocycles. The van der Waals surface area contributed by atoms with Crippen LogP contribution in [-0.4, -0.2) is 44.6 Å². The maximum Gasteiger partial charge on any atom is 0.326 e. The average Bonchev–Trinajstić information content (AvgIpc) is 3.23. The van der Waals surface area contributed by atoms with Gasteiger partial charge in [-0.05, 0) is 23.3 Å². The minimum Gasteiger partial charge on any atom is -0.480 e. The number of aliphatic carboxylic acids is 1. The van der Waals surface area contributed by atoms with Crippen LogP contribution < -0.4 is 5.32 Å². The molecule has 0 saturated heterocycles. The molecule has 2 amide bonds. The monoisotopic (exact) mass is 424 g/mol. The van der Waals surface area contributed by atoms with Gasteiger partial charge in [0.2, 0.25) is 0 Å². The van der Waals surface area contributed by atoms with E-state index >= 15 is 0 Å². The first-order valence-electron chi connectivity index (χ1n) is 9.64. The number of benzene rings is 2. The highest BCUT2D eigenvalue weighted by molar-refractivity contribution is 6.30. The third kappa shape index (κ3) is 4.16. The van der Waals surface area contributed by atoms with Crippen LogP contribution in [0.2, 0.25) is 5.02 Å². The highest BCUT2D eigenvalue weighted by Crippen LogP contribution is 2.33. The smallest absolute Gasteiger partial charge is 0.326 e. The molecule has 0 bridgehead atoms. The first-order valence-corrected chi connectivity index (χ1v) is 10.0. The molecule has 4 rings (SSSR count). The van der Waals surface area contributed by atoms with Crippen LogP contribution in [-0.2, 0) is 17.6 Å². The molecule has 2 atom stereocenters. The minimum atomic E-state index is -1.08. The van der Waals surface area contributed by atoms with Crippen LogP contribution in [0.15, 0.2) is 60.9 Å². The van der Waals surface area contributed by atoms with Gasteiger partial charge in [0.1, 0.15) is 12.1 Å². The number of nitrogens with one attached hydrogen (secondary N) is 2. The molecule has 0 saturated carbocycles. The molecule has 1 aliphatic rings. The summed E-state index contributed by atoms with van der Waals surface area (Å²) < 4.78 is 0. The third-order valence-electron chi connectivity index (χ3n) is 5.25. The van der Waals surface area contributed by atoms with Gasteiger partial charge in [0.05, 0.1) is 12.0 Å². The molecule has 7 nitrogen and oxygen atoms in total. The molecule has 154 valence electrons. The summed E-state index contributed by atoms with van der Waals surface area (Å²) in [6.45, 7) is 0.437. The summed E-state index contributed by atoms with van der Waals surface area (Å²) in [4.78, 5) is 34.2. The van der Waals surface area contributed by atoms with Gasteiger partial charge < -0.3 is 20.3 Å². The third-order valence-corrected chi connectivity index (χ3v) is 5.50. The number of aromatic amines is 1. The zero-order valence-electron chi connectivity index (χ0n) is 16.1. The summed E-state index contributed by atoms with van der Waals surface area (Å²) in [5, 5.41) is 12.9. The van der Waals surface area contributed by atoms with Crippen molar-refractivity contribution >= 4 is 23.6 Å². The van der Waals surface area contributed by atoms with E-state index in [2.05, 4.69) is 15.3 Å². The molecule has 2 heterocycles. The zero-order chi connectivity index (χ0) is 21.1. The van der Waals surface area contributed by atoms with E-state index in [1.54, 1.807) is 23.4 Å². The molecule has 8 heteroatoms. The molecule has 3 aromatic rings. The number of fused-ring (bicyclic) bond motifs is 1. The van der Waals surface area contributed by atoms with Crippen molar-refractivity contribution < 1.29 is 14.7 Å². The minimum absolute atomic E-state index is 0.203. The first kappa shape index (κ1) is 20.0. The maximum atomic E-state index is 13.2. The van der Waals surface area contributed by atoms with Crippen molar-refractivity contribution in [1.82, 2.24) is 20.2 Å². The maximum absolute atomic E-state index is 13.2. The normalized spacial score (nSPS) is 16.6. The second-order valence-corrected chi connectivity index (χ2v) is 7.63. The van der Waals surface area contributed by atoms with Gasteiger partial charge >= 0.3 is 12.0 Å². The number of carbonyl (C=O) groups excluding carboxylic acids is 1. The van der Waals surface area contributed by atoms with Crippen LogP contribution in [0.25, 0.3) is 0 Å². The number of nitrogens with zero attached hydrogens (tertiary/aromatic N) is 2. The van der Waals surface area contributed by atoms with Crippen LogP contribution in [0.3, 0.4) is 0 Å². The summed E-state index contributed by atoms with van der Waals surface area (Å²) >= 11 is 6.03. The van der Waals surface area contributed by atoms with Crippen molar-refractivity contribution in [3.63, 3.8) is 0 Å². The summed E-state index contributed by atoms with van der Waals surface area (Å²) in [6, 6.07) is 14.6. The van der Waals surface area contributed by atoms with Crippen molar-refractivity contribution in [3.8, 4) is 0 Å². The number of carboxylic acids is 1. The molecule has 0 unspecified atom stereocenters. The first-order chi connectivity index (χ1) is 14.5. The van der Waals surface area contributed by atoms with Gasteiger partial charge in [-0.2, -0.15) is 0 Å². The zero-order valence-corrected chi connectivity index (χ0v) is 16.8. The highest BCUT2D eigenvalue weighted by atomic mass is 35.5. The van der Waals surface area contributed by atoms with E-state index in [4.69, 9.17) is 11.6 Å². The van der Waals surface area contributed by atoms with E-state index in [0.717, 1.165) is 22.5 Å². The highest BCUT2D eigenvalue weighted by Gasteiger charge is 2.35. The molecule has 30 heavy (non-hydrogen) atoms. The van der Waals surface area contributed by atoms with Crippen LogP contribution in [0.1, 0.15) is 28.6 Å². The van der Waals surface area contributed by atoms with Crippen LogP contribution in [0.5, 0.6) is 0 Å². The van der Waals surface area contributed by atoms with Gasteiger partial charge in [0, 0.05) is 30.1 Å². The topological polar surface area (TPSA) is 98.3 Å². The summed E-state index contributed by atoms with van der Waals surface area (Å²) in [6.07, 6.45) is 2.43. The average molecular weight is 425 g/mol. The molecule has 2 aromatic carbocycles. The fourth-order valence-corrected chi connectivity index (χ4v) is 3.89. The summed E-state index contributed by atoms with van der Waals surface area (Å²) in [7, 11) is 0. The lowest BCUT2D eigenvalue weighted by molar-refractivity contribution is -0.139. The standard InChI is InChI=1S/C22H21ClN4O3/c23-16-8-6-15(7-9-16)20-19-17(24-13-25-19)10-11-27(20)22(30)26-18(21(28)29)12-14-4-2-1-3-5-14/h1-9,13,18,20H,10-12H2,(H,24,25)(H,26,30)(H,28,29)/t18-,20-/m0/s1. The lowest BCUT2D eigenvalue weighted by Crippen LogP contribution is -2.51. The number of aromatic nitrogens is 2. The largest absolute Gasteiger partial charge is 0.480 e. The number of carboxylic acid groups (broad SMARTS) is 1. The molecule has 0 fully saturated rings. The predicted octanol–water partition coefficient (Wildman–Crippen LogP) is 3.42. The second kappa shape index (κ2) is 8.59. The second-order valence-electron chi connectivity index (χ2n) is 7.19. The Labute approximate surface area is 178 Å². The lowest BCUT2D eigenvalue weighted by Gasteiger charge is -2.36. The van der Waals surface area contributed by atoms with E-state index in [0.29, 0.717) is 18.0 Å². The van der Waals surface area contributed by atoms with E-state index in [1.165, 1.54) is 0 Å². The number of carbonyl (C=O) groups is 2. The Balaban J connectivity index is 1.59.